The number of hydrogen-bond acceptors (Lipinski definition) is 3. The van der Waals surface area contributed by atoms with Crippen molar-refractivity contribution in [3.05, 3.63) is 65.7 Å². The lowest BCUT2D eigenvalue weighted by Gasteiger charge is -2.13. The number of para-hydroxylation sites is 1. The highest BCUT2D eigenvalue weighted by molar-refractivity contribution is 6.30. The van der Waals surface area contributed by atoms with Gasteiger partial charge in [0, 0.05) is 5.56 Å². The molecular formula is C18H16N2O2. The van der Waals surface area contributed by atoms with Crippen molar-refractivity contribution in [3.63, 3.8) is 0 Å². The standard InChI is InChI=1S/C18H16N2O2/c1-12-8-10-14(11-9-12)17(21)16-13(2)19-20(18(16)22)15-6-4-3-5-7-15/h3-11,16H,1-2H3. The second-order valence-electron chi connectivity index (χ2n) is 5.39. The fourth-order valence-electron chi connectivity index (χ4n) is 2.51. The van der Waals surface area contributed by atoms with Crippen LogP contribution in [0, 0.1) is 12.8 Å². The molecule has 4 heteroatoms. The van der Waals surface area contributed by atoms with Crippen molar-refractivity contribution in [3.8, 4) is 0 Å². The van der Waals surface area contributed by atoms with E-state index >= 15 is 0 Å². The average Bonchev–Trinajstić information content (AvgIpc) is 2.83. The summed E-state index contributed by atoms with van der Waals surface area (Å²) in [5, 5.41) is 5.58. The predicted molar refractivity (Wildman–Crippen MR) is 86.0 cm³/mol. The van der Waals surface area contributed by atoms with Crippen molar-refractivity contribution in [2.24, 2.45) is 11.0 Å². The fourth-order valence-corrected chi connectivity index (χ4v) is 2.51. The zero-order valence-corrected chi connectivity index (χ0v) is 12.5. The highest BCUT2D eigenvalue weighted by Gasteiger charge is 2.39. The van der Waals surface area contributed by atoms with Crippen LogP contribution in [0.4, 0.5) is 5.69 Å². The summed E-state index contributed by atoms with van der Waals surface area (Å²) in [6, 6.07) is 16.4. The highest BCUT2D eigenvalue weighted by atomic mass is 16.2. The van der Waals surface area contributed by atoms with Crippen LogP contribution in [0.5, 0.6) is 0 Å². The largest absolute Gasteiger partial charge is 0.293 e. The molecule has 22 heavy (non-hydrogen) atoms. The molecule has 1 atom stereocenters. The molecule has 0 saturated carbocycles. The number of amides is 1. The number of rotatable bonds is 3. The van der Waals surface area contributed by atoms with Crippen LogP contribution in [0.15, 0.2) is 59.7 Å². The minimum atomic E-state index is -0.831. The van der Waals surface area contributed by atoms with E-state index in [0.29, 0.717) is 17.0 Å². The summed E-state index contributed by atoms with van der Waals surface area (Å²) < 4.78 is 0. The summed E-state index contributed by atoms with van der Waals surface area (Å²) in [7, 11) is 0. The molecule has 0 aliphatic carbocycles. The monoisotopic (exact) mass is 292 g/mol. The molecule has 1 amide bonds. The zero-order chi connectivity index (χ0) is 15.7. The SMILES string of the molecule is CC1=NN(c2ccccc2)C(=O)C1C(=O)c1ccc(C)cc1. The van der Waals surface area contributed by atoms with Crippen molar-refractivity contribution >= 4 is 23.1 Å². The van der Waals surface area contributed by atoms with Crippen LogP contribution in [0.2, 0.25) is 0 Å². The number of hydrogen-bond donors (Lipinski definition) is 0. The van der Waals surface area contributed by atoms with E-state index in [1.807, 2.05) is 37.3 Å². The van der Waals surface area contributed by atoms with Crippen LogP contribution in [0.1, 0.15) is 22.8 Å². The second-order valence-corrected chi connectivity index (χ2v) is 5.39. The second kappa shape index (κ2) is 5.56. The van der Waals surface area contributed by atoms with Gasteiger partial charge in [0.25, 0.3) is 5.91 Å². The Morgan fingerprint density at radius 1 is 1.00 bits per heavy atom. The highest BCUT2D eigenvalue weighted by Crippen LogP contribution is 2.26. The van der Waals surface area contributed by atoms with Crippen molar-refractivity contribution in [2.45, 2.75) is 13.8 Å². The van der Waals surface area contributed by atoms with Gasteiger partial charge >= 0.3 is 0 Å². The van der Waals surface area contributed by atoms with Gasteiger partial charge in [-0.25, -0.2) is 0 Å². The Kier molecular flexibility index (Phi) is 3.59. The molecular weight excluding hydrogens is 276 g/mol. The Bertz CT molecular complexity index is 748. The number of carbonyl (C=O) groups is 2. The summed E-state index contributed by atoms with van der Waals surface area (Å²) in [5.41, 5.74) is 2.81. The van der Waals surface area contributed by atoms with Gasteiger partial charge in [0.1, 0.15) is 5.92 Å². The molecule has 0 bridgehead atoms. The number of anilines is 1. The van der Waals surface area contributed by atoms with Crippen LogP contribution in [0.25, 0.3) is 0 Å². The van der Waals surface area contributed by atoms with Crippen molar-refractivity contribution in [1.29, 1.82) is 0 Å². The lowest BCUT2D eigenvalue weighted by molar-refractivity contribution is -0.118. The van der Waals surface area contributed by atoms with E-state index in [0.717, 1.165) is 5.56 Å². The summed E-state index contributed by atoms with van der Waals surface area (Å²) in [6.45, 7) is 3.68. The van der Waals surface area contributed by atoms with Crippen LogP contribution in [-0.4, -0.2) is 17.4 Å². The van der Waals surface area contributed by atoms with Gasteiger partial charge in [0.05, 0.1) is 11.4 Å². The van der Waals surface area contributed by atoms with Gasteiger partial charge in [-0.2, -0.15) is 10.1 Å². The van der Waals surface area contributed by atoms with E-state index in [1.165, 1.54) is 5.01 Å². The summed E-state index contributed by atoms with van der Waals surface area (Å²) in [5.74, 6) is -1.33. The molecule has 0 radical (unpaired) electrons. The number of nitrogens with zero attached hydrogens (tertiary/aromatic N) is 2. The average molecular weight is 292 g/mol. The Labute approximate surface area is 129 Å². The maximum Gasteiger partial charge on any atom is 0.264 e. The van der Waals surface area contributed by atoms with Gasteiger partial charge in [-0.1, -0.05) is 48.0 Å². The molecule has 4 nitrogen and oxygen atoms in total. The first-order chi connectivity index (χ1) is 10.6. The molecule has 0 N–H and O–H groups in total. The lowest BCUT2D eigenvalue weighted by Crippen LogP contribution is -2.32. The van der Waals surface area contributed by atoms with Gasteiger partial charge in [0.15, 0.2) is 5.78 Å². The van der Waals surface area contributed by atoms with E-state index in [1.54, 1.807) is 31.2 Å². The third-order valence-corrected chi connectivity index (χ3v) is 3.73. The number of hydrazone groups is 1. The van der Waals surface area contributed by atoms with Crippen LogP contribution < -0.4 is 5.01 Å². The van der Waals surface area contributed by atoms with E-state index in [4.69, 9.17) is 0 Å². The quantitative estimate of drug-likeness (QED) is 0.644. The molecule has 2 aromatic rings. The number of benzene rings is 2. The summed E-state index contributed by atoms with van der Waals surface area (Å²) >= 11 is 0. The number of aryl methyl sites for hydroxylation is 1. The van der Waals surface area contributed by atoms with Crippen molar-refractivity contribution in [1.82, 2.24) is 0 Å². The van der Waals surface area contributed by atoms with Gasteiger partial charge in [0.2, 0.25) is 0 Å². The first-order valence-corrected chi connectivity index (χ1v) is 7.13. The van der Waals surface area contributed by atoms with Crippen LogP contribution in [0.3, 0.4) is 0 Å². The first-order valence-electron chi connectivity index (χ1n) is 7.13. The van der Waals surface area contributed by atoms with Crippen molar-refractivity contribution in [2.75, 3.05) is 5.01 Å². The third-order valence-electron chi connectivity index (χ3n) is 3.73. The van der Waals surface area contributed by atoms with E-state index in [-0.39, 0.29) is 11.7 Å². The Hall–Kier alpha value is -2.75. The van der Waals surface area contributed by atoms with Gasteiger partial charge in [-0.15, -0.1) is 0 Å². The number of carbonyl (C=O) groups excluding carboxylic acids is 2. The molecule has 1 aliphatic heterocycles. The molecule has 1 aliphatic rings. The van der Waals surface area contributed by atoms with E-state index in [2.05, 4.69) is 5.10 Å². The maximum absolute atomic E-state index is 12.6. The number of Topliss-reactive ketones (excluding diaryl/α,β-unsaturated/α-hetero) is 1. The van der Waals surface area contributed by atoms with Gasteiger partial charge in [-0.3, -0.25) is 9.59 Å². The molecule has 1 heterocycles. The first kappa shape index (κ1) is 14.2. The zero-order valence-electron chi connectivity index (χ0n) is 12.5. The molecule has 0 spiro atoms. The Morgan fingerprint density at radius 2 is 1.64 bits per heavy atom. The Balaban J connectivity index is 1.90. The molecule has 0 fully saturated rings. The molecule has 0 aromatic heterocycles. The third kappa shape index (κ3) is 2.44. The normalized spacial score (nSPS) is 17.5. The Morgan fingerprint density at radius 3 is 2.27 bits per heavy atom. The van der Waals surface area contributed by atoms with Crippen molar-refractivity contribution < 1.29 is 9.59 Å². The van der Waals surface area contributed by atoms with Gasteiger partial charge in [-0.05, 0) is 26.0 Å². The lowest BCUT2D eigenvalue weighted by atomic mass is 9.93. The summed E-state index contributed by atoms with van der Waals surface area (Å²) in [6.07, 6.45) is 0. The smallest absolute Gasteiger partial charge is 0.264 e. The van der Waals surface area contributed by atoms with Crippen LogP contribution >= 0.6 is 0 Å². The molecule has 0 saturated heterocycles. The molecule has 110 valence electrons. The van der Waals surface area contributed by atoms with Crippen LogP contribution in [-0.2, 0) is 4.79 Å². The van der Waals surface area contributed by atoms with E-state index in [9.17, 15) is 9.59 Å². The number of ketones is 1. The molecule has 3 rings (SSSR count). The predicted octanol–water partition coefficient (Wildman–Crippen LogP) is 3.22. The molecule has 2 aromatic carbocycles. The topological polar surface area (TPSA) is 49.7 Å². The maximum atomic E-state index is 12.6. The fraction of sp³-hybridized carbons (Fsp3) is 0.167. The molecule has 1 unspecified atom stereocenters. The van der Waals surface area contributed by atoms with Gasteiger partial charge < -0.3 is 0 Å². The minimum Gasteiger partial charge on any atom is -0.293 e. The van der Waals surface area contributed by atoms with E-state index < -0.39 is 5.92 Å². The summed E-state index contributed by atoms with van der Waals surface area (Å²) in [4.78, 5) is 25.2. The minimum absolute atomic E-state index is 0.204.